The maximum atomic E-state index is 13.3. The van der Waals surface area contributed by atoms with Crippen LogP contribution >= 0.6 is 0 Å². The van der Waals surface area contributed by atoms with Crippen molar-refractivity contribution in [2.24, 2.45) is 5.92 Å². The van der Waals surface area contributed by atoms with Crippen LogP contribution in [0.15, 0.2) is 30.3 Å². The van der Waals surface area contributed by atoms with Gasteiger partial charge in [-0.25, -0.2) is 0 Å². The number of phenols is 1. The number of benzene rings is 2. The average molecular weight is 480 g/mol. The van der Waals surface area contributed by atoms with E-state index in [0.717, 1.165) is 23.1 Å². The number of aromatic hydroxyl groups is 1. The van der Waals surface area contributed by atoms with Gasteiger partial charge in [-0.05, 0) is 61.1 Å². The number of nitrogens with zero attached hydrogens (tertiary/aromatic N) is 2. The molecule has 1 aliphatic heterocycles. The molecule has 1 unspecified atom stereocenters. The first-order chi connectivity index (χ1) is 16.8. The van der Waals surface area contributed by atoms with Crippen LogP contribution in [0.2, 0.25) is 0 Å². The summed E-state index contributed by atoms with van der Waals surface area (Å²) >= 11 is 0. The van der Waals surface area contributed by atoms with Crippen molar-refractivity contribution in [3.8, 4) is 28.5 Å². The Labute approximate surface area is 205 Å². The fourth-order valence-corrected chi connectivity index (χ4v) is 4.70. The highest BCUT2D eigenvalue weighted by molar-refractivity contribution is 6.00. The average Bonchev–Trinajstić information content (AvgIpc) is 3.33. The first-order valence-corrected chi connectivity index (χ1v) is 11.9. The molecule has 2 heterocycles. The number of methoxy groups -OCH3 is 1. The lowest BCUT2D eigenvalue weighted by Gasteiger charge is -2.26. The van der Waals surface area contributed by atoms with Crippen LogP contribution in [0.1, 0.15) is 59.1 Å². The molecule has 35 heavy (non-hydrogen) atoms. The summed E-state index contributed by atoms with van der Waals surface area (Å²) in [5.74, 6) is 1.58. The molecule has 0 spiro atoms. The largest absolute Gasteiger partial charge is 0.507 e. The van der Waals surface area contributed by atoms with E-state index < -0.39 is 6.04 Å². The molecule has 2 aromatic carbocycles. The second-order valence-electron chi connectivity index (χ2n) is 9.40. The molecule has 8 heteroatoms. The van der Waals surface area contributed by atoms with E-state index in [1.807, 2.05) is 38.1 Å². The summed E-state index contributed by atoms with van der Waals surface area (Å²) in [6.07, 6.45) is 0.924. The van der Waals surface area contributed by atoms with E-state index in [9.17, 15) is 15.0 Å². The number of aliphatic hydroxyl groups is 1. The predicted molar refractivity (Wildman–Crippen MR) is 133 cm³/mol. The van der Waals surface area contributed by atoms with Gasteiger partial charge in [0.1, 0.15) is 17.1 Å². The van der Waals surface area contributed by atoms with Crippen LogP contribution in [0.4, 0.5) is 0 Å². The predicted octanol–water partition coefficient (Wildman–Crippen LogP) is 4.37. The Bertz CT molecular complexity index is 1210. The van der Waals surface area contributed by atoms with E-state index in [1.165, 1.54) is 0 Å². The maximum Gasteiger partial charge on any atom is 0.273 e. The van der Waals surface area contributed by atoms with Gasteiger partial charge in [-0.3, -0.25) is 9.89 Å². The zero-order valence-electron chi connectivity index (χ0n) is 20.9. The summed E-state index contributed by atoms with van der Waals surface area (Å²) in [5, 5.41) is 27.8. The van der Waals surface area contributed by atoms with Crippen molar-refractivity contribution in [3.05, 3.63) is 58.3 Å². The molecule has 1 amide bonds. The summed E-state index contributed by atoms with van der Waals surface area (Å²) < 4.78 is 11.6. The van der Waals surface area contributed by atoms with E-state index in [1.54, 1.807) is 18.1 Å². The number of phenolic OH excluding ortho intramolecular Hbond substituents is 1. The lowest BCUT2D eigenvalue weighted by Crippen LogP contribution is -2.32. The second-order valence-corrected chi connectivity index (χ2v) is 9.40. The Kier molecular flexibility index (Phi) is 7.03. The van der Waals surface area contributed by atoms with E-state index in [-0.39, 0.29) is 24.8 Å². The lowest BCUT2D eigenvalue weighted by molar-refractivity contribution is 0.0706. The molecule has 0 bridgehead atoms. The van der Waals surface area contributed by atoms with Gasteiger partial charge in [-0.15, -0.1) is 0 Å². The number of aliphatic hydroxyl groups excluding tert-OH is 1. The number of H-pyrrole nitrogens is 1. The van der Waals surface area contributed by atoms with Crippen LogP contribution in [-0.2, 0) is 0 Å². The van der Waals surface area contributed by atoms with E-state index in [2.05, 4.69) is 24.0 Å². The lowest BCUT2D eigenvalue weighted by atomic mass is 9.93. The van der Waals surface area contributed by atoms with E-state index >= 15 is 0 Å². The number of aromatic nitrogens is 2. The van der Waals surface area contributed by atoms with Crippen LogP contribution in [-0.4, -0.2) is 58.1 Å². The minimum atomic E-state index is -0.517. The number of ether oxygens (including phenoxy) is 2. The molecule has 1 aliphatic rings. The molecule has 1 aromatic heterocycles. The number of carbonyl (C=O) groups excluding carboxylic acids is 1. The maximum absolute atomic E-state index is 13.3. The molecule has 4 rings (SSSR count). The Morgan fingerprint density at radius 2 is 1.94 bits per heavy atom. The minimum absolute atomic E-state index is 0.107. The van der Waals surface area contributed by atoms with Crippen molar-refractivity contribution in [3.63, 3.8) is 0 Å². The third-order valence-electron chi connectivity index (χ3n) is 6.36. The van der Waals surface area contributed by atoms with Gasteiger partial charge in [0.25, 0.3) is 5.91 Å². The van der Waals surface area contributed by atoms with Crippen molar-refractivity contribution in [1.29, 1.82) is 0 Å². The minimum Gasteiger partial charge on any atom is -0.507 e. The number of nitrogens with one attached hydrogen (secondary N) is 1. The summed E-state index contributed by atoms with van der Waals surface area (Å²) in [6, 6.07) is 8.76. The zero-order valence-corrected chi connectivity index (χ0v) is 20.9. The van der Waals surface area contributed by atoms with Crippen molar-refractivity contribution in [1.82, 2.24) is 15.1 Å². The standard InChI is InChI=1S/C27H33N3O5/c1-15(2)8-11-35-20-7-6-18(14-21(20)34-5)26-23-24(22-17(4)12-16(3)13-19(22)32)28-29-25(23)27(33)30(26)9-10-31/h6-7,12-15,26,31-32H,8-11H2,1-5H3,(H,28,29). The highest BCUT2D eigenvalue weighted by Crippen LogP contribution is 2.46. The first kappa shape index (κ1) is 24.6. The molecular formula is C27H33N3O5. The third-order valence-corrected chi connectivity index (χ3v) is 6.36. The number of β-amino-alcohol motifs (C(OH)–C–C–N with tert-alkyl or cyclic N) is 1. The van der Waals surface area contributed by atoms with Crippen LogP contribution in [0.3, 0.4) is 0 Å². The van der Waals surface area contributed by atoms with Gasteiger partial charge >= 0.3 is 0 Å². The molecule has 3 N–H and O–H groups in total. The topological polar surface area (TPSA) is 108 Å². The van der Waals surface area contributed by atoms with Crippen molar-refractivity contribution in [2.45, 2.75) is 40.2 Å². The van der Waals surface area contributed by atoms with Crippen molar-refractivity contribution in [2.75, 3.05) is 26.9 Å². The highest BCUT2D eigenvalue weighted by atomic mass is 16.5. The van der Waals surface area contributed by atoms with E-state index in [4.69, 9.17) is 9.47 Å². The second kappa shape index (κ2) is 10.00. The number of amides is 1. The Morgan fingerprint density at radius 1 is 1.17 bits per heavy atom. The van der Waals surface area contributed by atoms with Crippen LogP contribution in [0.5, 0.6) is 17.2 Å². The molecule has 0 fully saturated rings. The van der Waals surface area contributed by atoms with Gasteiger partial charge in [-0.1, -0.05) is 26.0 Å². The van der Waals surface area contributed by atoms with Gasteiger partial charge in [-0.2, -0.15) is 5.10 Å². The third kappa shape index (κ3) is 4.58. The fraction of sp³-hybridized carbons (Fsp3) is 0.407. The Balaban J connectivity index is 1.81. The molecule has 8 nitrogen and oxygen atoms in total. The number of hydrogen-bond acceptors (Lipinski definition) is 6. The van der Waals surface area contributed by atoms with Gasteiger partial charge in [0.15, 0.2) is 11.5 Å². The fourth-order valence-electron chi connectivity index (χ4n) is 4.70. The van der Waals surface area contributed by atoms with Crippen LogP contribution in [0, 0.1) is 19.8 Å². The summed E-state index contributed by atoms with van der Waals surface area (Å²) in [5.41, 5.74) is 4.71. The summed E-state index contributed by atoms with van der Waals surface area (Å²) in [7, 11) is 1.59. The van der Waals surface area contributed by atoms with Gasteiger partial charge in [0, 0.05) is 17.7 Å². The summed E-state index contributed by atoms with van der Waals surface area (Å²) in [6.45, 7) is 8.66. The van der Waals surface area contributed by atoms with Gasteiger partial charge in [0.05, 0.1) is 26.4 Å². The van der Waals surface area contributed by atoms with Crippen LogP contribution in [0.25, 0.3) is 11.3 Å². The Hall–Kier alpha value is -3.52. The molecule has 0 saturated carbocycles. The Morgan fingerprint density at radius 3 is 2.60 bits per heavy atom. The molecule has 0 radical (unpaired) electrons. The number of carbonyl (C=O) groups is 1. The van der Waals surface area contributed by atoms with Gasteiger partial charge < -0.3 is 24.6 Å². The van der Waals surface area contributed by atoms with Crippen LogP contribution < -0.4 is 9.47 Å². The number of rotatable bonds is 9. The normalized spacial score (nSPS) is 15.1. The quantitative estimate of drug-likeness (QED) is 0.421. The van der Waals surface area contributed by atoms with Crippen molar-refractivity contribution >= 4 is 5.91 Å². The SMILES string of the molecule is COc1cc(C2c3c(-c4c(C)cc(C)cc4O)n[nH]c3C(=O)N2CCO)ccc1OCCC(C)C. The first-order valence-electron chi connectivity index (χ1n) is 11.9. The molecule has 1 atom stereocenters. The molecule has 186 valence electrons. The number of fused-ring (bicyclic) bond motifs is 1. The number of aryl methyl sites for hydroxylation is 2. The molecular weight excluding hydrogens is 446 g/mol. The van der Waals surface area contributed by atoms with Crippen molar-refractivity contribution < 1.29 is 24.5 Å². The van der Waals surface area contributed by atoms with Gasteiger partial charge in [0.2, 0.25) is 0 Å². The smallest absolute Gasteiger partial charge is 0.273 e. The van der Waals surface area contributed by atoms with E-state index in [0.29, 0.717) is 46.5 Å². The number of aromatic amines is 1. The monoisotopic (exact) mass is 479 g/mol. The molecule has 0 saturated heterocycles. The molecule has 0 aliphatic carbocycles. The summed E-state index contributed by atoms with van der Waals surface area (Å²) in [4.78, 5) is 14.9. The molecule has 3 aromatic rings. The number of hydrogen-bond donors (Lipinski definition) is 3. The zero-order chi connectivity index (χ0) is 25.3. The highest BCUT2D eigenvalue weighted by Gasteiger charge is 2.42.